The van der Waals surface area contributed by atoms with Crippen molar-refractivity contribution < 1.29 is 14.4 Å². The first-order chi connectivity index (χ1) is 11.8. The number of nitrogens with two attached hydrogens (primary N) is 1. The maximum absolute atomic E-state index is 12.8. The highest BCUT2D eigenvalue weighted by Crippen LogP contribution is 2.15. The van der Waals surface area contributed by atoms with Gasteiger partial charge >= 0.3 is 0 Å². The SMILES string of the molecule is CCC(=O)N(C(=O)[C@@H](N)CC(C)C)[C@@H](Cc1ccccc1)C(=O)NC. The fourth-order valence-electron chi connectivity index (χ4n) is 2.71. The zero-order valence-corrected chi connectivity index (χ0v) is 15.5. The predicted octanol–water partition coefficient (Wildman–Crippen LogP) is 1.48. The van der Waals surface area contributed by atoms with Gasteiger partial charge in [0, 0.05) is 19.9 Å². The molecule has 6 heteroatoms. The highest BCUT2D eigenvalue weighted by Gasteiger charge is 2.36. The molecule has 1 aromatic rings. The van der Waals surface area contributed by atoms with E-state index in [1.165, 1.54) is 7.05 Å². The monoisotopic (exact) mass is 347 g/mol. The fourth-order valence-corrected chi connectivity index (χ4v) is 2.71. The molecule has 3 amide bonds. The van der Waals surface area contributed by atoms with E-state index in [0.29, 0.717) is 6.42 Å². The number of carbonyl (C=O) groups excluding carboxylic acids is 3. The number of amides is 3. The van der Waals surface area contributed by atoms with Gasteiger partial charge in [-0.15, -0.1) is 0 Å². The van der Waals surface area contributed by atoms with Gasteiger partial charge in [-0.25, -0.2) is 0 Å². The standard InChI is InChI=1S/C19H29N3O3/c1-5-17(23)22(19(25)15(20)11-13(2)3)16(18(24)21-4)12-14-9-7-6-8-10-14/h6-10,13,15-16H,5,11-12,20H2,1-4H3,(H,21,24)/t15-,16-/m0/s1. The Balaban J connectivity index is 3.18. The second kappa shape index (κ2) is 9.93. The second-order valence-corrected chi connectivity index (χ2v) is 6.51. The molecule has 0 aliphatic heterocycles. The summed E-state index contributed by atoms with van der Waals surface area (Å²) in [6.07, 6.45) is 0.840. The van der Waals surface area contributed by atoms with E-state index in [1.54, 1.807) is 6.92 Å². The molecule has 0 spiro atoms. The number of hydrogen-bond acceptors (Lipinski definition) is 4. The number of benzene rings is 1. The van der Waals surface area contributed by atoms with Gasteiger partial charge in [-0.05, 0) is 17.9 Å². The number of carbonyl (C=O) groups is 3. The molecule has 0 radical (unpaired) electrons. The summed E-state index contributed by atoms with van der Waals surface area (Å²) in [4.78, 5) is 38.8. The summed E-state index contributed by atoms with van der Waals surface area (Å²) in [5.41, 5.74) is 6.88. The van der Waals surface area contributed by atoms with Gasteiger partial charge in [0.05, 0.1) is 6.04 Å². The Labute approximate surface area is 149 Å². The third-order valence-corrected chi connectivity index (χ3v) is 3.98. The molecule has 6 nitrogen and oxygen atoms in total. The molecular formula is C19H29N3O3. The number of nitrogens with one attached hydrogen (secondary N) is 1. The van der Waals surface area contributed by atoms with Crippen LogP contribution in [0.15, 0.2) is 30.3 Å². The molecule has 0 saturated carbocycles. The molecule has 0 aromatic heterocycles. The fraction of sp³-hybridized carbons (Fsp3) is 0.526. The summed E-state index contributed by atoms with van der Waals surface area (Å²) >= 11 is 0. The van der Waals surface area contributed by atoms with Crippen LogP contribution in [0.4, 0.5) is 0 Å². The van der Waals surface area contributed by atoms with Crippen LogP contribution in [-0.2, 0) is 20.8 Å². The van der Waals surface area contributed by atoms with Gasteiger partial charge in [0.2, 0.25) is 17.7 Å². The van der Waals surface area contributed by atoms with Crippen molar-refractivity contribution in [3.63, 3.8) is 0 Å². The molecular weight excluding hydrogens is 318 g/mol. The average molecular weight is 347 g/mol. The number of nitrogens with zero attached hydrogens (tertiary/aromatic N) is 1. The van der Waals surface area contributed by atoms with Crippen molar-refractivity contribution in [2.24, 2.45) is 11.7 Å². The van der Waals surface area contributed by atoms with E-state index in [1.807, 2.05) is 44.2 Å². The summed E-state index contributed by atoms with van der Waals surface area (Å²) in [5, 5.41) is 2.55. The average Bonchev–Trinajstić information content (AvgIpc) is 2.60. The first-order valence-electron chi connectivity index (χ1n) is 8.68. The zero-order valence-electron chi connectivity index (χ0n) is 15.5. The first-order valence-corrected chi connectivity index (χ1v) is 8.68. The maximum Gasteiger partial charge on any atom is 0.246 e. The van der Waals surface area contributed by atoms with E-state index in [4.69, 9.17) is 5.73 Å². The molecule has 0 unspecified atom stereocenters. The lowest BCUT2D eigenvalue weighted by atomic mass is 9.99. The van der Waals surface area contributed by atoms with Crippen LogP contribution in [-0.4, -0.2) is 41.8 Å². The topological polar surface area (TPSA) is 92.5 Å². The Morgan fingerprint density at radius 3 is 2.24 bits per heavy atom. The van der Waals surface area contributed by atoms with Crippen molar-refractivity contribution in [1.29, 1.82) is 0 Å². The van der Waals surface area contributed by atoms with Crippen LogP contribution in [0.5, 0.6) is 0 Å². The number of hydrogen-bond donors (Lipinski definition) is 2. The minimum atomic E-state index is -0.912. The van der Waals surface area contributed by atoms with E-state index in [0.717, 1.165) is 10.5 Å². The molecule has 25 heavy (non-hydrogen) atoms. The van der Waals surface area contributed by atoms with Crippen molar-refractivity contribution in [1.82, 2.24) is 10.2 Å². The highest BCUT2D eigenvalue weighted by atomic mass is 16.2. The van der Waals surface area contributed by atoms with Crippen LogP contribution >= 0.6 is 0 Å². The summed E-state index contributed by atoms with van der Waals surface area (Å²) in [5.74, 6) is -1.06. The highest BCUT2D eigenvalue weighted by molar-refractivity contribution is 6.02. The van der Waals surface area contributed by atoms with Crippen LogP contribution in [0.25, 0.3) is 0 Å². The van der Waals surface area contributed by atoms with Crippen LogP contribution < -0.4 is 11.1 Å². The zero-order chi connectivity index (χ0) is 19.0. The van der Waals surface area contributed by atoms with Crippen molar-refractivity contribution in [3.05, 3.63) is 35.9 Å². The summed E-state index contributed by atoms with van der Waals surface area (Å²) in [7, 11) is 1.49. The lowest BCUT2D eigenvalue weighted by Crippen LogP contribution is -2.57. The van der Waals surface area contributed by atoms with E-state index in [-0.39, 0.29) is 24.7 Å². The van der Waals surface area contributed by atoms with Crippen LogP contribution in [0, 0.1) is 5.92 Å². The molecule has 3 N–H and O–H groups in total. The summed E-state index contributed by atoms with van der Waals surface area (Å²) in [6, 6.07) is 7.59. The van der Waals surface area contributed by atoms with Gasteiger partial charge in [0.25, 0.3) is 0 Å². The van der Waals surface area contributed by atoms with Crippen LogP contribution in [0.3, 0.4) is 0 Å². The third-order valence-electron chi connectivity index (χ3n) is 3.98. The molecule has 1 aromatic carbocycles. The van der Waals surface area contributed by atoms with Crippen molar-refractivity contribution in [2.75, 3.05) is 7.05 Å². The maximum atomic E-state index is 12.8. The normalized spacial score (nSPS) is 13.2. The number of rotatable bonds is 8. The second-order valence-electron chi connectivity index (χ2n) is 6.51. The van der Waals surface area contributed by atoms with E-state index in [2.05, 4.69) is 5.32 Å². The predicted molar refractivity (Wildman–Crippen MR) is 97.6 cm³/mol. The van der Waals surface area contributed by atoms with Gasteiger partial charge in [-0.1, -0.05) is 51.1 Å². The lowest BCUT2D eigenvalue weighted by molar-refractivity contribution is -0.152. The Hall–Kier alpha value is -2.21. The lowest BCUT2D eigenvalue weighted by Gasteiger charge is -2.31. The Bertz CT molecular complexity index is 587. The summed E-state index contributed by atoms with van der Waals surface area (Å²) < 4.78 is 0. The molecule has 0 aliphatic carbocycles. The van der Waals surface area contributed by atoms with Gasteiger partial charge in [-0.3, -0.25) is 19.3 Å². The van der Waals surface area contributed by atoms with Crippen LogP contribution in [0.2, 0.25) is 0 Å². The first kappa shape index (κ1) is 20.8. The van der Waals surface area contributed by atoms with Gasteiger partial charge in [-0.2, -0.15) is 0 Å². The third kappa shape index (κ3) is 5.98. The molecule has 0 aliphatic rings. The van der Waals surface area contributed by atoms with Crippen molar-refractivity contribution in [2.45, 2.75) is 52.1 Å². The molecule has 0 bridgehead atoms. The number of likely N-dealkylation sites (N-methyl/N-ethyl adjacent to an activating group) is 1. The molecule has 0 fully saturated rings. The number of imide groups is 1. The van der Waals surface area contributed by atoms with Crippen molar-refractivity contribution in [3.8, 4) is 0 Å². The van der Waals surface area contributed by atoms with Gasteiger partial charge < -0.3 is 11.1 Å². The largest absolute Gasteiger partial charge is 0.357 e. The van der Waals surface area contributed by atoms with Gasteiger partial charge in [0.15, 0.2) is 0 Å². The van der Waals surface area contributed by atoms with E-state index < -0.39 is 23.9 Å². The minimum absolute atomic E-state index is 0.127. The molecule has 2 atom stereocenters. The van der Waals surface area contributed by atoms with E-state index >= 15 is 0 Å². The van der Waals surface area contributed by atoms with Crippen LogP contribution in [0.1, 0.15) is 39.2 Å². The quantitative estimate of drug-likeness (QED) is 0.745. The Morgan fingerprint density at radius 1 is 1.16 bits per heavy atom. The van der Waals surface area contributed by atoms with E-state index in [9.17, 15) is 14.4 Å². The van der Waals surface area contributed by atoms with Crippen molar-refractivity contribution >= 4 is 17.7 Å². The molecule has 138 valence electrons. The molecule has 1 rings (SSSR count). The molecule has 0 heterocycles. The summed E-state index contributed by atoms with van der Waals surface area (Å²) in [6.45, 7) is 5.58. The Morgan fingerprint density at radius 2 is 1.76 bits per heavy atom. The smallest absolute Gasteiger partial charge is 0.246 e. The molecule has 0 saturated heterocycles. The Kier molecular flexibility index (Phi) is 8.28. The minimum Gasteiger partial charge on any atom is -0.357 e. The van der Waals surface area contributed by atoms with Gasteiger partial charge in [0.1, 0.15) is 6.04 Å².